The molecule has 22 heavy (non-hydrogen) atoms. The van der Waals surface area contributed by atoms with Crippen LogP contribution in [0.15, 0.2) is 5.38 Å². The molecule has 0 aromatic carbocycles. The molecule has 0 radical (unpaired) electrons. The minimum absolute atomic E-state index is 0.0535. The molecule has 1 aromatic heterocycles. The van der Waals surface area contributed by atoms with Crippen molar-refractivity contribution in [1.82, 2.24) is 14.8 Å². The van der Waals surface area contributed by atoms with Gasteiger partial charge in [0.25, 0.3) is 0 Å². The van der Waals surface area contributed by atoms with Gasteiger partial charge in [-0.05, 0) is 12.8 Å². The van der Waals surface area contributed by atoms with E-state index < -0.39 is 0 Å². The molecule has 1 atom stereocenters. The lowest BCUT2D eigenvalue weighted by atomic mass is 10.1. The molecule has 6 heteroatoms. The molecule has 2 rings (SSSR count). The zero-order valence-electron chi connectivity index (χ0n) is 13.9. The lowest BCUT2D eigenvalue weighted by Gasteiger charge is -2.24. The summed E-state index contributed by atoms with van der Waals surface area (Å²) in [5.74, 6) is 0.160. The number of aromatic nitrogens is 1. The Kier molecular flexibility index (Phi) is 6.79. The molecule has 1 aromatic rings. The molecule has 1 fully saturated rings. The van der Waals surface area contributed by atoms with E-state index in [9.17, 15) is 4.79 Å². The second-order valence-corrected chi connectivity index (χ2v) is 6.84. The number of aryl methyl sites for hydroxylation is 1. The fraction of sp³-hybridized carbons (Fsp3) is 0.750. The van der Waals surface area contributed by atoms with Gasteiger partial charge in [0.1, 0.15) is 0 Å². The van der Waals surface area contributed by atoms with Crippen LogP contribution < -0.4 is 0 Å². The molecule has 0 bridgehead atoms. The fourth-order valence-corrected chi connectivity index (χ4v) is 3.53. The molecule has 1 aliphatic rings. The molecule has 0 N–H and O–H groups in total. The Morgan fingerprint density at radius 2 is 2.23 bits per heavy atom. The van der Waals surface area contributed by atoms with Gasteiger partial charge >= 0.3 is 0 Å². The smallest absolute Gasteiger partial charge is 0.227 e. The Morgan fingerprint density at radius 3 is 2.91 bits per heavy atom. The van der Waals surface area contributed by atoms with Crippen LogP contribution in [0.3, 0.4) is 0 Å². The lowest BCUT2D eigenvalue weighted by Crippen LogP contribution is -2.39. The van der Waals surface area contributed by atoms with Crippen molar-refractivity contribution in [1.29, 1.82) is 0 Å². The number of thiazole rings is 1. The Balaban J connectivity index is 1.85. The van der Waals surface area contributed by atoms with Crippen LogP contribution in [-0.2, 0) is 22.5 Å². The van der Waals surface area contributed by atoms with Gasteiger partial charge in [-0.15, -0.1) is 11.3 Å². The van der Waals surface area contributed by atoms with Crippen LogP contribution in [0.4, 0.5) is 0 Å². The zero-order chi connectivity index (χ0) is 15.9. The maximum absolute atomic E-state index is 12.4. The van der Waals surface area contributed by atoms with E-state index in [-0.39, 0.29) is 11.8 Å². The molecular weight excluding hydrogens is 298 g/mol. The van der Waals surface area contributed by atoms with E-state index in [1.54, 1.807) is 18.4 Å². The molecule has 0 saturated carbocycles. The average Bonchev–Trinajstić information content (AvgIpc) is 2.84. The largest absolute Gasteiger partial charge is 0.384 e. The maximum atomic E-state index is 12.4. The summed E-state index contributed by atoms with van der Waals surface area (Å²) in [6, 6.07) is 0. The third-order valence-electron chi connectivity index (χ3n) is 4.03. The second kappa shape index (κ2) is 8.60. The normalized spacial score (nSPS) is 18.2. The van der Waals surface area contributed by atoms with Crippen molar-refractivity contribution >= 4 is 17.2 Å². The summed E-state index contributed by atoms with van der Waals surface area (Å²) < 4.78 is 5.09. The highest BCUT2D eigenvalue weighted by Gasteiger charge is 2.23. The summed E-state index contributed by atoms with van der Waals surface area (Å²) in [6.45, 7) is 9.07. The summed E-state index contributed by atoms with van der Waals surface area (Å²) in [6.07, 6.45) is 2.03. The Morgan fingerprint density at radius 1 is 1.41 bits per heavy atom. The van der Waals surface area contributed by atoms with Gasteiger partial charge in [-0.1, -0.05) is 13.8 Å². The highest BCUT2D eigenvalue weighted by atomic mass is 32.1. The number of amides is 1. The van der Waals surface area contributed by atoms with Crippen molar-refractivity contribution in [2.75, 3.05) is 39.9 Å². The van der Waals surface area contributed by atoms with Crippen molar-refractivity contribution in [3.8, 4) is 0 Å². The standard InChI is InChI=1S/C16H27N3O2S/c1-4-15-17-14(12-22-15)10-18-6-5-7-19(9-8-18)16(20)13(2)11-21-3/h12-13H,4-11H2,1-3H3/t13-/m0/s1. The number of carbonyl (C=O) groups excluding carboxylic acids is 1. The molecule has 2 heterocycles. The fourth-order valence-electron chi connectivity index (χ4n) is 2.80. The monoisotopic (exact) mass is 325 g/mol. The highest BCUT2D eigenvalue weighted by Crippen LogP contribution is 2.14. The van der Waals surface area contributed by atoms with Crippen molar-refractivity contribution in [3.63, 3.8) is 0 Å². The van der Waals surface area contributed by atoms with Gasteiger partial charge < -0.3 is 9.64 Å². The van der Waals surface area contributed by atoms with Crippen LogP contribution in [0.1, 0.15) is 31.0 Å². The summed E-state index contributed by atoms with van der Waals surface area (Å²) in [4.78, 5) is 21.4. The summed E-state index contributed by atoms with van der Waals surface area (Å²) in [5.41, 5.74) is 1.16. The van der Waals surface area contributed by atoms with Crippen molar-refractivity contribution in [2.45, 2.75) is 33.2 Å². The zero-order valence-corrected chi connectivity index (χ0v) is 14.7. The van der Waals surface area contributed by atoms with Gasteiger partial charge in [0, 0.05) is 45.2 Å². The Labute approximate surface area is 137 Å². The molecule has 0 unspecified atom stereocenters. The molecule has 1 saturated heterocycles. The lowest BCUT2D eigenvalue weighted by molar-refractivity contribution is -0.136. The molecule has 1 aliphatic heterocycles. The van der Waals surface area contributed by atoms with Crippen molar-refractivity contribution < 1.29 is 9.53 Å². The summed E-state index contributed by atoms with van der Waals surface area (Å²) >= 11 is 1.74. The number of hydrogen-bond acceptors (Lipinski definition) is 5. The second-order valence-electron chi connectivity index (χ2n) is 5.90. The first-order chi connectivity index (χ1) is 10.6. The number of hydrogen-bond donors (Lipinski definition) is 0. The van der Waals surface area contributed by atoms with E-state index >= 15 is 0 Å². The average molecular weight is 325 g/mol. The molecule has 5 nitrogen and oxygen atoms in total. The SMILES string of the molecule is CCc1nc(CN2CCCN(C(=O)[C@@H](C)COC)CC2)cs1. The number of carbonyl (C=O) groups is 1. The first-order valence-corrected chi connectivity index (χ1v) is 8.95. The Bertz CT molecular complexity index is 478. The van der Waals surface area contributed by atoms with E-state index in [2.05, 4.69) is 22.2 Å². The maximum Gasteiger partial charge on any atom is 0.227 e. The third kappa shape index (κ3) is 4.76. The first kappa shape index (κ1) is 17.4. The highest BCUT2D eigenvalue weighted by molar-refractivity contribution is 7.09. The van der Waals surface area contributed by atoms with E-state index in [0.717, 1.165) is 51.3 Å². The van der Waals surface area contributed by atoms with Crippen LogP contribution in [0.25, 0.3) is 0 Å². The van der Waals surface area contributed by atoms with E-state index in [1.165, 1.54) is 5.01 Å². The van der Waals surface area contributed by atoms with Gasteiger partial charge in [0.15, 0.2) is 0 Å². The minimum Gasteiger partial charge on any atom is -0.384 e. The number of rotatable bonds is 6. The summed E-state index contributed by atoms with van der Waals surface area (Å²) in [5, 5.41) is 3.36. The third-order valence-corrected chi connectivity index (χ3v) is 5.07. The van der Waals surface area contributed by atoms with Gasteiger partial charge in [-0.2, -0.15) is 0 Å². The number of nitrogens with zero attached hydrogens (tertiary/aromatic N) is 3. The van der Waals surface area contributed by atoms with Gasteiger partial charge in [0.2, 0.25) is 5.91 Å². The van der Waals surface area contributed by atoms with Gasteiger partial charge in [-0.25, -0.2) is 4.98 Å². The first-order valence-electron chi connectivity index (χ1n) is 8.07. The molecule has 0 aliphatic carbocycles. The number of ether oxygens (including phenoxy) is 1. The molecule has 0 spiro atoms. The van der Waals surface area contributed by atoms with Crippen LogP contribution in [-0.4, -0.2) is 60.6 Å². The summed E-state index contributed by atoms with van der Waals surface area (Å²) in [7, 11) is 1.65. The van der Waals surface area contributed by atoms with Gasteiger partial charge in [-0.3, -0.25) is 9.69 Å². The number of methoxy groups -OCH3 is 1. The van der Waals surface area contributed by atoms with E-state index in [0.29, 0.717) is 6.61 Å². The quantitative estimate of drug-likeness (QED) is 0.803. The van der Waals surface area contributed by atoms with E-state index in [4.69, 9.17) is 4.74 Å². The topological polar surface area (TPSA) is 45.7 Å². The molecular formula is C16H27N3O2S. The predicted molar refractivity (Wildman–Crippen MR) is 89.0 cm³/mol. The van der Waals surface area contributed by atoms with E-state index in [1.807, 2.05) is 11.8 Å². The van der Waals surface area contributed by atoms with Crippen LogP contribution in [0.5, 0.6) is 0 Å². The van der Waals surface area contributed by atoms with Crippen molar-refractivity contribution in [3.05, 3.63) is 16.1 Å². The predicted octanol–water partition coefficient (Wildman–Crippen LogP) is 2.02. The van der Waals surface area contributed by atoms with Crippen LogP contribution in [0.2, 0.25) is 0 Å². The van der Waals surface area contributed by atoms with Crippen LogP contribution in [0, 0.1) is 5.92 Å². The van der Waals surface area contributed by atoms with Crippen LogP contribution >= 0.6 is 11.3 Å². The molecule has 1 amide bonds. The minimum atomic E-state index is -0.0535. The molecule has 124 valence electrons. The Hall–Kier alpha value is -0.980. The van der Waals surface area contributed by atoms with Gasteiger partial charge in [0.05, 0.1) is 23.2 Å². The van der Waals surface area contributed by atoms with Crippen molar-refractivity contribution in [2.24, 2.45) is 5.92 Å².